The molecule has 2 heterocycles. The lowest BCUT2D eigenvalue weighted by atomic mass is 9.93. The van der Waals surface area contributed by atoms with E-state index in [2.05, 4.69) is 15.9 Å². The highest BCUT2D eigenvalue weighted by atomic mass is 35.5. The predicted octanol–water partition coefficient (Wildman–Crippen LogP) is 5.16. The number of primary amides is 1. The molecule has 0 radical (unpaired) electrons. The van der Waals surface area contributed by atoms with Crippen molar-refractivity contribution in [1.29, 1.82) is 0 Å². The quantitative estimate of drug-likeness (QED) is 0.572. The molecule has 2 N–H and O–H groups in total. The van der Waals surface area contributed by atoms with Crippen molar-refractivity contribution in [2.75, 3.05) is 0 Å². The van der Waals surface area contributed by atoms with Crippen LogP contribution in [0, 0.1) is 6.92 Å². The third-order valence-corrected chi connectivity index (χ3v) is 4.54. The van der Waals surface area contributed by atoms with E-state index < -0.39 is 11.7 Å². The minimum absolute atomic E-state index is 0.249. The first-order valence-corrected chi connectivity index (χ1v) is 9.19. The van der Waals surface area contributed by atoms with Crippen molar-refractivity contribution in [3.8, 4) is 11.1 Å². The maximum absolute atomic E-state index is 12.8. The van der Waals surface area contributed by atoms with Gasteiger partial charge in [-0.05, 0) is 36.8 Å². The first-order chi connectivity index (χ1) is 14.1. The maximum atomic E-state index is 12.8. The zero-order chi connectivity index (χ0) is 22.1. The molecule has 1 amide bonds. The molecule has 0 unspecified atom stereocenters. The van der Waals surface area contributed by atoms with Gasteiger partial charge in [-0.15, -0.1) is 0 Å². The van der Waals surface area contributed by atoms with Crippen LogP contribution in [0.4, 0.5) is 13.2 Å². The Hall–Kier alpha value is -3.13. The van der Waals surface area contributed by atoms with Gasteiger partial charge in [0.2, 0.25) is 5.91 Å². The van der Waals surface area contributed by atoms with Gasteiger partial charge < -0.3 is 10.3 Å². The van der Waals surface area contributed by atoms with Crippen LogP contribution in [0.2, 0.25) is 5.02 Å². The molecule has 1 aromatic heterocycles. The summed E-state index contributed by atoms with van der Waals surface area (Å²) in [6.07, 6.45) is -4.38. The number of amides is 1. The predicted molar refractivity (Wildman–Crippen MR) is 107 cm³/mol. The van der Waals surface area contributed by atoms with E-state index in [1.54, 1.807) is 12.1 Å². The van der Waals surface area contributed by atoms with E-state index in [4.69, 9.17) is 16.1 Å². The summed E-state index contributed by atoms with van der Waals surface area (Å²) in [4.78, 5) is 13.8. The lowest BCUT2D eigenvalue weighted by molar-refractivity contribution is -0.137. The number of fused-ring (bicyclic) bond motifs is 3. The second kappa shape index (κ2) is 8.31. The van der Waals surface area contributed by atoms with Crippen molar-refractivity contribution in [3.63, 3.8) is 0 Å². The molecule has 0 saturated heterocycles. The van der Waals surface area contributed by atoms with Crippen LogP contribution in [-0.4, -0.2) is 16.8 Å². The van der Waals surface area contributed by atoms with Gasteiger partial charge >= 0.3 is 6.18 Å². The molecule has 1 aliphatic rings. The van der Waals surface area contributed by atoms with Gasteiger partial charge in [-0.1, -0.05) is 35.0 Å². The number of aryl methyl sites for hydroxylation is 1. The van der Waals surface area contributed by atoms with E-state index >= 15 is 0 Å². The van der Waals surface area contributed by atoms with Crippen LogP contribution in [0.25, 0.3) is 11.1 Å². The molecule has 2 aromatic carbocycles. The Morgan fingerprint density at radius 3 is 2.37 bits per heavy atom. The van der Waals surface area contributed by atoms with E-state index in [-0.39, 0.29) is 12.5 Å². The SMILES string of the molecule is CC(N)=O.Cc1noc2c1-c1ccc(Cl)cc1C(c1ccc(C(F)(F)F)cc1)=NC2. The standard InChI is InChI=1S/C19H12ClF3N2O.C2H5NO/c1-10-17-14-7-6-13(20)8-15(14)18(24-9-16(17)26-25-10)11-2-4-12(5-3-11)19(21,22)23;1-2(3)4/h2-8H,9H2,1H3;1H3,(H2,3,4). The number of nitrogens with two attached hydrogens (primary N) is 1. The van der Waals surface area contributed by atoms with E-state index in [1.807, 2.05) is 13.0 Å². The van der Waals surface area contributed by atoms with Crippen LogP contribution >= 0.6 is 11.6 Å². The number of carbonyl (C=O) groups excluding carboxylic acids is 1. The molecular formula is C21H17ClF3N3O2. The number of benzene rings is 2. The van der Waals surface area contributed by atoms with Crippen LogP contribution < -0.4 is 5.73 Å². The largest absolute Gasteiger partial charge is 0.416 e. The Bertz CT molecular complexity index is 1120. The summed E-state index contributed by atoms with van der Waals surface area (Å²) >= 11 is 6.17. The second-order valence-corrected chi connectivity index (χ2v) is 7.04. The molecule has 0 aliphatic carbocycles. The van der Waals surface area contributed by atoms with Gasteiger partial charge in [0.25, 0.3) is 0 Å². The zero-order valence-corrected chi connectivity index (χ0v) is 16.8. The lowest BCUT2D eigenvalue weighted by Gasteiger charge is -2.12. The van der Waals surface area contributed by atoms with Gasteiger partial charge in [-0.2, -0.15) is 13.2 Å². The molecule has 1 aliphatic heterocycles. The number of rotatable bonds is 1. The average molecular weight is 436 g/mol. The first-order valence-electron chi connectivity index (χ1n) is 8.81. The van der Waals surface area contributed by atoms with Crippen molar-refractivity contribution in [2.45, 2.75) is 26.6 Å². The molecule has 9 heteroatoms. The Morgan fingerprint density at radius 1 is 1.13 bits per heavy atom. The smallest absolute Gasteiger partial charge is 0.370 e. The monoisotopic (exact) mass is 435 g/mol. The van der Waals surface area contributed by atoms with Crippen LogP contribution in [0.1, 0.15) is 35.1 Å². The number of hydrogen-bond acceptors (Lipinski definition) is 4. The fraction of sp³-hybridized carbons (Fsp3) is 0.190. The molecule has 30 heavy (non-hydrogen) atoms. The fourth-order valence-electron chi connectivity index (χ4n) is 3.10. The van der Waals surface area contributed by atoms with E-state index in [0.29, 0.717) is 22.1 Å². The third-order valence-electron chi connectivity index (χ3n) is 4.31. The fourth-order valence-corrected chi connectivity index (χ4v) is 3.27. The number of carbonyl (C=O) groups is 1. The Labute approximate surface area is 175 Å². The molecular weight excluding hydrogens is 419 g/mol. The van der Waals surface area contributed by atoms with Crippen LogP contribution in [0.5, 0.6) is 0 Å². The molecule has 0 fully saturated rings. The van der Waals surface area contributed by atoms with E-state index in [9.17, 15) is 18.0 Å². The van der Waals surface area contributed by atoms with Crippen molar-refractivity contribution >= 4 is 23.2 Å². The maximum Gasteiger partial charge on any atom is 0.416 e. The number of aliphatic imine (C=N–C) groups is 1. The Morgan fingerprint density at radius 2 is 1.77 bits per heavy atom. The highest BCUT2D eigenvalue weighted by Crippen LogP contribution is 2.37. The number of alkyl halides is 3. The first kappa shape index (κ1) is 21.6. The van der Waals surface area contributed by atoms with Gasteiger partial charge in [0.15, 0.2) is 5.76 Å². The summed E-state index contributed by atoms with van der Waals surface area (Å²) in [5.41, 5.74) is 8.09. The van der Waals surface area contributed by atoms with Crippen molar-refractivity contribution < 1.29 is 22.5 Å². The lowest BCUT2D eigenvalue weighted by Crippen LogP contribution is -2.08. The number of halogens is 4. The molecule has 0 saturated carbocycles. The third kappa shape index (κ3) is 4.54. The molecule has 0 spiro atoms. The minimum atomic E-state index is -4.38. The number of nitrogens with zero attached hydrogens (tertiary/aromatic N) is 2. The molecule has 5 nitrogen and oxygen atoms in total. The normalized spacial score (nSPS) is 12.7. The summed E-state index contributed by atoms with van der Waals surface area (Å²) in [6, 6.07) is 10.3. The molecule has 0 bridgehead atoms. The van der Waals surface area contributed by atoms with Gasteiger partial charge in [0.05, 0.1) is 22.5 Å². The van der Waals surface area contributed by atoms with Crippen LogP contribution in [0.3, 0.4) is 0 Å². The van der Waals surface area contributed by atoms with E-state index in [1.165, 1.54) is 19.1 Å². The average Bonchev–Trinajstić information content (AvgIpc) is 2.93. The summed E-state index contributed by atoms with van der Waals surface area (Å²) in [6.45, 7) is 3.39. The molecule has 3 aromatic rings. The number of hydrogen-bond donors (Lipinski definition) is 1. The highest BCUT2D eigenvalue weighted by molar-refractivity contribution is 6.31. The van der Waals surface area contributed by atoms with Gasteiger partial charge in [0, 0.05) is 23.1 Å². The molecule has 156 valence electrons. The number of aromatic nitrogens is 1. The summed E-state index contributed by atoms with van der Waals surface area (Å²) in [5.74, 6) is 0.285. The minimum Gasteiger partial charge on any atom is -0.370 e. The summed E-state index contributed by atoms with van der Waals surface area (Å²) < 4.78 is 43.9. The van der Waals surface area contributed by atoms with E-state index in [0.717, 1.165) is 34.5 Å². The Kier molecular flexibility index (Phi) is 5.98. The highest BCUT2D eigenvalue weighted by Gasteiger charge is 2.30. The van der Waals surface area contributed by atoms with Crippen molar-refractivity contribution in [2.24, 2.45) is 10.7 Å². The van der Waals surface area contributed by atoms with Gasteiger partial charge in [-0.25, -0.2) is 0 Å². The summed E-state index contributed by atoms with van der Waals surface area (Å²) in [7, 11) is 0. The van der Waals surface area contributed by atoms with Gasteiger partial charge in [-0.3, -0.25) is 9.79 Å². The zero-order valence-electron chi connectivity index (χ0n) is 16.0. The Balaban J connectivity index is 0.000000589. The topological polar surface area (TPSA) is 81.5 Å². The van der Waals surface area contributed by atoms with Crippen LogP contribution in [-0.2, 0) is 17.5 Å². The molecule has 0 atom stereocenters. The van der Waals surface area contributed by atoms with Crippen molar-refractivity contribution in [1.82, 2.24) is 5.16 Å². The molecule has 4 rings (SSSR count). The summed E-state index contributed by atoms with van der Waals surface area (Å²) in [5, 5.41) is 4.51. The van der Waals surface area contributed by atoms with Gasteiger partial charge in [0.1, 0.15) is 6.54 Å². The van der Waals surface area contributed by atoms with Crippen LogP contribution in [0.15, 0.2) is 52.0 Å². The van der Waals surface area contributed by atoms with Crippen molar-refractivity contribution in [3.05, 3.63) is 75.6 Å². The second-order valence-electron chi connectivity index (χ2n) is 6.61.